The highest BCUT2D eigenvalue weighted by molar-refractivity contribution is 5.77. The zero-order chi connectivity index (χ0) is 19.7. The summed E-state index contributed by atoms with van der Waals surface area (Å²) in [4.78, 5) is 8.98. The second kappa shape index (κ2) is 7.51. The van der Waals surface area contributed by atoms with Crippen molar-refractivity contribution in [3.8, 4) is 0 Å². The van der Waals surface area contributed by atoms with Crippen LogP contribution in [0.3, 0.4) is 0 Å². The molecule has 0 fully saturated rings. The Hall–Kier alpha value is -2.69. The molecule has 0 radical (unpaired) electrons. The predicted molar refractivity (Wildman–Crippen MR) is 112 cm³/mol. The van der Waals surface area contributed by atoms with E-state index in [-0.39, 0.29) is 0 Å². The van der Waals surface area contributed by atoms with E-state index >= 15 is 0 Å². The van der Waals surface area contributed by atoms with Crippen molar-refractivity contribution < 1.29 is 0 Å². The van der Waals surface area contributed by atoms with Gasteiger partial charge in [-0.05, 0) is 77.8 Å². The molecule has 0 N–H and O–H groups in total. The van der Waals surface area contributed by atoms with Crippen molar-refractivity contribution in [2.45, 2.75) is 60.5 Å². The molecule has 4 rings (SSSR count). The molecule has 5 heteroatoms. The van der Waals surface area contributed by atoms with Gasteiger partial charge in [-0.2, -0.15) is 5.10 Å². The molecule has 0 atom stereocenters. The first-order chi connectivity index (χ1) is 12.8. The highest BCUT2D eigenvalue weighted by Crippen LogP contribution is 2.19. The lowest BCUT2D eigenvalue weighted by Gasteiger charge is -2.07. The largest absolute Gasteiger partial charge is 0.330 e. The fraction of sp³-hybridized carbons (Fsp3) is 0.409. The third-order valence-electron chi connectivity index (χ3n) is 4.75. The minimum absolute atomic E-state index is 0.363. The molecule has 0 amide bonds. The summed E-state index contributed by atoms with van der Waals surface area (Å²) < 4.78 is 4.15. The fourth-order valence-corrected chi connectivity index (χ4v) is 3.12. The number of aryl methyl sites for hydroxylation is 3. The van der Waals surface area contributed by atoms with Gasteiger partial charge in [0.15, 0.2) is 5.65 Å². The molecule has 0 saturated carbocycles. The molecule has 4 heterocycles. The Labute approximate surface area is 161 Å². The quantitative estimate of drug-likeness (QED) is 0.469. The number of rotatable bonds is 2. The predicted octanol–water partition coefficient (Wildman–Crippen LogP) is 5.55. The van der Waals surface area contributed by atoms with Gasteiger partial charge in [-0.25, -0.2) is 14.6 Å². The molecule has 0 bridgehead atoms. The van der Waals surface area contributed by atoms with Crippen LogP contribution >= 0.6 is 0 Å². The van der Waals surface area contributed by atoms with Gasteiger partial charge in [0, 0.05) is 40.9 Å². The van der Waals surface area contributed by atoms with E-state index in [2.05, 4.69) is 85.6 Å². The molecule has 4 aromatic heterocycles. The molecule has 0 unspecified atom stereocenters. The van der Waals surface area contributed by atoms with Crippen molar-refractivity contribution in [3.63, 3.8) is 0 Å². The van der Waals surface area contributed by atoms with Gasteiger partial charge >= 0.3 is 0 Å². The highest BCUT2D eigenvalue weighted by atomic mass is 15.3. The minimum Gasteiger partial charge on any atom is -0.330 e. The average molecular weight is 364 g/mol. The van der Waals surface area contributed by atoms with E-state index < -0.39 is 0 Å². The number of aromatic nitrogens is 5. The van der Waals surface area contributed by atoms with Crippen LogP contribution in [0.2, 0.25) is 0 Å². The van der Waals surface area contributed by atoms with Crippen molar-refractivity contribution >= 4 is 22.1 Å². The summed E-state index contributed by atoms with van der Waals surface area (Å²) in [7, 11) is 0. The van der Waals surface area contributed by atoms with Gasteiger partial charge < -0.3 is 4.57 Å². The van der Waals surface area contributed by atoms with Crippen molar-refractivity contribution in [1.82, 2.24) is 24.3 Å². The fourth-order valence-electron chi connectivity index (χ4n) is 3.12. The molecular weight excluding hydrogens is 334 g/mol. The standard InChI is InChI=1S/C11H15N3.C11H14N2/c1-7(2)14-11-10(6-12-14)5-8(3)9(4)13-11;1-8(2)13-5-4-10-6-9(3)7-12-11(10)13/h5-7H,1-4H3;4-8H,1-3H3. The molecule has 0 saturated heterocycles. The number of pyridine rings is 2. The Morgan fingerprint density at radius 3 is 2.26 bits per heavy atom. The highest BCUT2D eigenvalue weighted by Gasteiger charge is 2.08. The zero-order valence-corrected chi connectivity index (χ0v) is 17.4. The zero-order valence-electron chi connectivity index (χ0n) is 17.4. The second-order valence-corrected chi connectivity index (χ2v) is 7.73. The van der Waals surface area contributed by atoms with Gasteiger partial charge in [0.25, 0.3) is 0 Å². The molecule has 0 aromatic carbocycles. The van der Waals surface area contributed by atoms with Gasteiger partial charge in [0.05, 0.1) is 6.20 Å². The van der Waals surface area contributed by atoms with Crippen LogP contribution in [0.15, 0.2) is 36.8 Å². The summed E-state index contributed by atoms with van der Waals surface area (Å²) in [6.07, 6.45) is 5.90. The number of hydrogen-bond donors (Lipinski definition) is 0. The lowest BCUT2D eigenvalue weighted by Crippen LogP contribution is -2.04. The van der Waals surface area contributed by atoms with Gasteiger partial charge in [0.2, 0.25) is 0 Å². The van der Waals surface area contributed by atoms with Crippen LogP contribution in [0.1, 0.15) is 56.6 Å². The van der Waals surface area contributed by atoms with E-state index in [0.29, 0.717) is 12.1 Å². The van der Waals surface area contributed by atoms with E-state index in [1.807, 2.05) is 24.0 Å². The topological polar surface area (TPSA) is 48.5 Å². The Bertz CT molecular complexity index is 1070. The van der Waals surface area contributed by atoms with Crippen LogP contribution in [0.4, 0.5) is 0 Å². The van der Waals surface area contributed by atoms with Crippen LogP contribution in [0, 0.1) is 20.8 Å². The van der Waals surface area contributed by atoms with Crippen molar-refractivity contribution in [2.24, 2.45) is 0 Å². The Kier molecular flexibility index (Phi) is 5.31. The average Bonchev–Trinajstić information content (AvgIpc) is 3.19. The third kappa shape index (κ3) is 3.87. The summed E-state index contributed by atoms with van der Waals surface area (Å²) in [5.41, 5.74) is 5.60. The molecule has 4 aromatic rings. The first kappa shape index (κ1) is 19.1. The van der Waals surface area contributed by atoms with Crippen LogP contribution < -0.4 is 0 Å². The van der Waals surface area contributed by atoms with E-state index in [1.54, 1.807) is 0 Å². The molecule has 0 spiro atoms. The van der Waals surface area contributed by atoms with E-state index in [4.69, 9.17) is 0 Å². The Morgan fingerprint density at radius 1 is 0.852 bits per heavy atom. The summed E-state index contributed by atoms with van der Waals surface area (Å²) in [6.45, 7) is 14.7. The number of nitrogens with zero attached hydrogens (tertiary/aromatic N) is 5. The smallest absolute Gasteiger partial charge is 0.158 e. The van der Waals surface area contributed by atoms with Crippen molar-refractivity contribution in [2.75, 3.05) is 0 Å². The van der Waals surface area contributed by atoms with E-state index in [1.165, 1.54) is 16.5 Å². The van der Waals surface area contributed by atoms with Gasteiger partial charge in [-0.3, -0.25) is 0 Å². The van der Waals surface area contributed by atoms with Crippen LogP contribution in [0.25, 0.3) is 22.1 Å². The lowest BCUT2D eigenvalue weighted by atomic mass is 10.2. The van der Waals surface area contributed by atoms with Gasteiger partial charge in [-0.15, -0.1) is 0 Å². The lowest BCUT2D eigenvalue weighted by molar-refractivity contribution is 0.546. The summed E-state index contributed by atoms with van der Waals surface area (Å²) in [6, 6.07) is 7.27. The van der Waals surface area contributed by atoms with Gasteiger partial charge in [0.1, 0.15) is 5.65 Å². The third-order valence-corrected chi connectivity index (χ3v) is 4.75. The Morgan fingerprint density at radius 2 is 1.59 bits per heavy atom. The maximum atomic E-state index is 4.56. The molecule has 0 aliphatic carbocycles. The molecule has 142 valence electrons. The normalized spacial score (nSPS) is 11.4. The maximum absolute atomic E-state index is 4.56. The molecule has 0 aliphatic rings. The van der Waals surface area contributed by atoms with E-state index in [0.717, 1.165) is 22.4 Å². The minimum atomic E-state index is 0.363. The maximum Gasteiger partial charge on any atom is 0.158 e. The summed E-state index contributed by atoms with van der Waals surface area (Å²) in [5, 5.41) is 6.69. The number of hydrogen-bond acceptors (Lipinski definition) is 3. The van der Waals surface area contributed by atoms with Crippen molar-refractivity contribution in [1.29, 1.82) is 0 Å². The van der Waals surface area contributed by atoms with Crippen molar-refractivity contribution in [3.05, 3.63) is 53.6 Å². The Balaban J connectivity index is 0.000000156. The van der Waals surface area contributed by atoms with Gasteiger partial charge in [-0.1, -0.05) is 0 Å². The summed E-state index contributed by atoms with van der Waals surface area (Å²) >= 11 is 0. The molecular formula is C22H29N5. The first-order valence-electron chi connectivity index (χ1n) is 9.52. The van der Waals surface area contributed by atoms with Crippen LogP contribution in [-0.2, 0) is 0 Å². The molecule has 5 nitrogen and oxygen atoms in total. The molecule has 0 aliphatic heterocycles. The SMILES string of the molecule is Cc1cc2cnn(C(C)C)c2nc1C.Cc1cnc2c(ccn2C(C)C)c1. The van der Waals surface area contributed by atoms with Crippen LogP contribution in [-0.4, -0.2) is 24.3 Å². The first-order valence-corrected chi connectivity index (χ1v) is 9.52. The molecule has 27 heavy (non-hydrogen) atoms. The second-order valence-electron chi connectivity index (χ2n) is 7.73. The monoisotopic (exact) mass is 363 g/mol. The van der Waals surface area contributed by atoms with Crippen LogP contribution in [0.5, 0.6) is 0 Å². The number of fused-ring (bicyclic) bond motifs is 2. The summed E-state index contributed by atoms with van der Waals surface area (Å²) in [5.74, 6) is 0. The van der Waals surface area contributed by atoms with E-state index in [9.17, 15) is 0 Å².